The molecule has 0 radical (unpaired) electrons. The largest absolute Gasteiger partial charge is 0.334 e. The minimum atomic E-state index is -2.92. The molecule has 0 saturated carbocycles. The summed E-state index contributed by atoms with van der Waals surface area (Å²) in [5, 5.41) is 10.3. The molecule has 0 aromatic carbocycles. The van der Waals surface area contributed by atoms with E-state index in [0.717, 1.165) is 0 Å². The van der Waals surface area contributed by atoms with E-state index in [2.05, 4.69) is 0 Å². The van der Waals surface area contributed by atoms with Crippen LogP contribution in [0.2, 0.25) is 0 Å². The van der Waals surface area contributed by atoms with Crippen LogP contribution < -0.4 is 11.3 Å². The monoisotopic (exact) mass is 219 g/mol. The van der Waals surface area contributed by atoms with Gasteiger partial charge >= 0.3 is 11.2 Å². The molecule has 0 atom stereocenters. The van der Waals surface area contributed by atoms with Crippen molar-refractivity contribution in [1.82, 2.24) is 4.98 Å². The van der Waals surface area contributed by atoms with Gasteiger partial charge in [-0.15, -0.1) is 0 Å². The molecule has 0 aliphatic rings. The Morgan fingerprint density at radius 2 is 2.20 bits per heavy atom. The quantitative estimate of drug-likeness (QED) is 0.576. The smallest absolute Gasteiger partial charge is 0.325 e. The predicted octanol–water partition coefficient (Wildman–Crippen LogP) is 0.679. The van der Waals surface area contributed by atoms with Crippen molar-refractivity contribution < 1.29 is 13.7 Å². The molecule has 1 rings (SSSR count). The van der Waals surface area contributed by atoms with Crippen LogP contribution in [0.4, 0.5) is 14.5 Å². The summed E-state index contributed by atoms with van der Waals surface area (Å²) in [6.07, 6.45) is -2.92. The molecular formula is C7H7F2N3O3. The molecule has 0 aliphatic heterocycles. The lowest BCUT2D eigenvalue weighted by molar-refractivity contribution is -0.386. The van der Waals surface area contributed by atoms with E-state index >= 15 is 0 Å². The lowest BCUT2D eigenvalue weighted by Crippen LogP contribution is -2.18. The molecular weight excluding hydrogens is 212 g/mol. The van der Waals surface area contributed by atoms with E-state index in [4.69, 9.17) is 5.73 Å². The minimum Gasteiger partial charge on any atom is -0.325 e. The van der Waals surface area contributed by atoms with E-state index in [1.54, 1.807) is 0 Å². The predicted molar refractivity (Wildman–Crippen MR) is 46.6 cm³/mol. The molecule has 6 nitrogen and oxygen atoms in total. The maximum Gasteiger partial charge on any atom is 0.334 e. The molecule has 1 aromatic heterocycles. The van der Waals surface area contributed by atoms with Crippen molar-refractivity contribution in [3.05, 3.63) is 37.8 Å². The van der Waals surface area contributed by atoms with Crippen molar-refractivity contribution >= 4 is 5.69 Å². The van der Waals surface area contributed by atoms with Crippen LogP contribution in [0.1, 0.15) is 17.7 Å². The topological polar surface area (TPSA) is 102 Å². The number of halogens is 2. The molecule has 0 unspecified atom stereocenters. The van der Waals surface area contributed by atoms with Gasteiger partial charge in [-0.3, -0.25) is 14.9 Å². The number of alkyl halides is 2. The van der Waals surface area contributed by atoms with Gasteiger partial charge in [0.25, 0.3) is 6.43 Å². The fourth-order valence-corrected chi connectivity index (χ4v) is 1.07. The highest BCUT2D eigenvalue weighted by Gasteiger charge is 2.21. The Bertz CT molecular complexity index is 444. The number of nitrogens with two attached hydrogens (primary N) is 1. The van der Waals surface area contributed by atoms with Gasteiger partial charge in [-0.25, -0.2) is 8.78 Å². The van der Waals surface area contributed by atoms with Crippen molar-refractivity contribution in [3.63, 3.8) is 0 Å². The molecule has 0 bridgehead atoms. The Labute approximate surface area is 81.9 Å². The standard InChI is InChI=1S/C7H7F2N3O3/c8-6(9)3-1-5(12(14)15)7(13)11-4(3)2-10/h1,6H,2,10H2,(H,11,13). The Morgan fingerprint density at radius 1 is 1.60 bits per heavy atom. The zero-order chi connectivity index (χ0) is 11.6. The van der Waals surface area contributed by atoms with Crippen LogP contribution in [0.25, 0.3) is 0 Å². The van der Waals surface area contributed by atoms with Crippen LogP contribution in [0, 0.1) is 10.1 Å². The molecule has 0 aliphatic carbocycles. The normalized spacial score (nSPS) is 10.7. The maximum atomic E-state index is 12.4. The van der Waals surface area contributed by atoms with Gasteiger partial charge in [-0.2, -0.15) is 0 Å². The maximum absolute atomic E-state index is 12.4. The summed E-state index contributed by atoms with van der Waals surface area (Å²) < 4.78 is 24.8. The molecule has 0 spiro atoms. The Balaban J connectivity index is 3.44. The first-order chi connectivity index (χ1) is 6.97. The van der Waals surface area contributed by atoms with Crippen LogP contribution in [-0.4, -0.2) is 9.91 Å². The van der Waals surface area contributed by atoms with Crippen LogP contribution in [0.3, 0.4) is 0 Å². The summed E-state index contributed by atoms with van der Waals surface area (Å²) in [7, 11) is 0. The summed E-state index contributed by atoms with van der Waals surface area (Å²) >= 11 is 0. The summed E-state index contributed by atoms with van der Waals surface area (Å²) in [4.78, 5) is 22.3. The fourth-order valence-electron chi connectivity index (χ4n) is 1.07. The van der Waals surface area contributed by atoms with Crippen molar-refractivity contribution in [1.29, 1.82) is 0 Å². The number of aromatic nitrogens is 1. The Hall–Kier alpha value is -1.83. The number of nitrogens with one attached hydrogen (secondary N) is 1. The van der Waals surface area contributed by atoms with E-state index in [9.17, 15) is 23.7 Å². The first-order valence-electron chi connectivity index (χ1n) is 3.86. The zero-order valence-electron chi connectivity index (χ0n) is 7.37. The first kappa shape index (κ1) is 11.2. The van der Waals surface area contributed by atoms with Crippen LogP contribution in [0.5, 0.6) is 0 Å². The molecule has 1 heterocycles. The summed E-state index contributed by atoms with van der Waals surface area (Å²) in [5.41, 5.74) is 2.34. The Morgan fingerprint density at radius 3 is 2.60 bits per heavy atom. The summed E-state index contributed by atoms with van der Waals surface area (Å²) in [6.45, 7) is -0.313. The second-order valence-corrected chi connectivity index (χ2v) is 2.68. The second-order valence-electron chi connectivity index (χ2n) is 2.68. The van der Waals surface area contributed by atoms with Gasteiger partial charge in [0, 0.05) is 23.9 Å². The molecule has 3 N–H and O–H groups in total. The molecule has 0 fully saturated rings. The lowest BCUT2D eigenvalue weighted by Gasteiger charge is -2.05. The van der Waals surface area contributed by atoms with Gasteiger partial charge < -0.3 is 10.7 Å². The molecule has 1 aromatic rings. The highest BCUT2D eigenvalue weighted by atomic mass is 19.3. The fraction of sp³-hybridized carbons (Fsp3) is 0.286. The average molecular weight is 219 g/mol. The summed E-state index contributed by atoms with van der Waals surface area (Å²) in [6, 6.07) is 0.547. The average Bonchev–Trinajstić information content (AvgIpc) is 2.16. The number of H-pyrrole nitrogens is 1. The molecule has 82 valence electrons. The number of nitrogens with zero attached hydrogens (tertiary/aromatic N) is 1. The lowest BCUT2D eigenvalue weighted by atomic mass is 10.2. The van der Waals surface area contributed by atoms with Gasteiger partial charge in [-0.05, 0) is 0 Å². The molecule has 0 amide bonds. The highest BCUT2D eigenvalue weighted by Crippen LogP contribution is 2.23. The van der Waals surface area contributed by atoms with Crippen molar-refractivity contribution in [2.24, 2.45) is 5.73 Å². The van der Waals surface area contributed by atoms with E-state index in [1.807, 2.05) is 4.98 Å². The number of nitro groups is 1. The van der Waals surface area contributed by atoms with Crippen molar-refractivity contribution in [3.8, 4) is 0 Å². The van der Waals surface area contributed by atoms with Gasteiger partial charge in [0.15, 0.2) is 0 Å². The number of hydrogen-bond acceptors (Lipinski definition) is 4. The third-order valence-corrected chi connectivity index (χ3v) is 1.77. The number of hydrogen-bond donors (Lipinski definition) is 2. The number of pyridine rings is 1. The number of rotatable bonds is 3. The summed E-state index contributed by atoms with van der Waals surface area (Å²) in [5.74, 6) is 0. The van der Waals surface area contributed by atoms with Crippen molar-refractivity contribution in [2.45, 2.75) is 13.0 Å². The van der Waals surface area contributed by atoms with Gasteiger partial charge in [0.2, 0.25) is 0 Å². The number of aromatic amines is 1. The second kappa shape index (κ2) is 4.13. The van der Waals surface area contributed by atoms with Crippen LogP contribution in [0.15, 0.2) is 10.9 Å². The highest BCUT2D eigenvalue weighted by molar-refractivity contribution is 5.35. The van der Waals surface area contributed by atoms with Gasteiger partial charge in [-0.1, -0.05) is 0 Å². The molecule has 15 heavy (non-hydrogen) atoms. The molecule has 0 saturated heterocycles. The van der Waals surface area contributed by atoms with Crippen LogP contribution >= 0.6 is 0 Å². The minimum absolute atomic E-state index is 0.194. The van der Waals surface area contributed by atoms with E-state index in [1.165, 1.54) is 0 Å². The third kappa shape index (κ3) is 2.15. The third-order valence-electron chi connectivity index (χ3n) is 1.77. The van der Waals surface area contributed by atoms with Gasteiger partial charge in [0.05, 0.1) is 4.92 Å². The van der Waals surface area contributed by atoms with Crippen LogP contribution in [-0.2, 0) is 6.54 Å². The SMILES string of the molecule is NCc1[nH]c(=O)c([N+](=O)[O-])cc1C(F)F. The first-order valence-corrected chi connectivity index (χ1v) is 3.86. The van der Waals surface area contributed by atoms with Crippen molar-refractivity contribution in [2.75, 3.05) is 0 Å². The molecule has 8 heteroatoms. The Kier molecular flexibility index (Phi) is 3.10. The zero-order valence-corrected chi connectivity index (χ0v) is 7.37. The van der Waals surface area contributed by atoms with E-state index in [0.29, 0.717) is 6.07 Å². The van der Waals surface area contributed by atoms with Gasteiger partial charge in [0.1, 0.15) is 0 Å². The van der Waals surface area contributed by atoms with E-state index < -0.39 is 28.2 Å². The van der Waals surface area contributed by atoms with E-state index in [-0.39, 0.29) is 12.2 Å².